The van der Waals surface area contributed by atoms with Gasteiger partial charge in [0.05, 0.1) is 0 Å². The predicted octanol–water partition coefficient (Wildman–Crippen LogP) is 1.45. The van der Waals surface area contributed by atoms with Crippen molar-refractivity contribution in [2.45, 2.75) is 51.6 Å². The highest BCUT2D eigenvalue weighted by Gasteiger charge is 2.33. The molecule has 0 aromatic rings. The Morgan fingerprint density at radius 1 is 1.12 bits per heavy atom. The molecule has 0 spiro atoms. The van der Waals surface area contributed by atoms with Crippen LogP contribution in [-0.2, 0) is 0 Å². The van der Waals surface area contributed by atoms with Gasteiger partial charge in [-0.25, -0.2) is 0 Å². The van der Waals surface area contributed by atoms with Crippen molar-refractivity contribution in [2.75, 3.05) is 32.7 Å². The summed E-state index contributed by atoms with van der Waals surface area (Å²) in [6.45, 7) is 12.7. The molecule has 2 fully saturated rings. The highest BCUT2D eigenvalue weighted by Crippen LogP contribution is 2.31. The second-order valence-electron chi connectivity index (χ2n) is 6.76. The van der Waals surface area contributed by atoms with E-state index in [2.05, 4.69) is 36.3 Å². The Bertz CT molecular complexity index is 230. The molecular weight excluding hydrogens is 210 g/mol. The fourth-order valence-corrected chi connectivity index (χ4v) is 2.63. The average Bonchev–Trinajstić information content (AvgIpc) is 2.97. The average molecular weight is 239 g/mol. The van der Waals surface area contributed by atoms with Crippen molar-refractivity contribution in [3.8, 4) is 0 Å². The van der Waals surface area contributed by atoms with Crippen LogP contribution in [0.1, 0.15) is 40.0 Å². The van der Waals surface area contributed by atoms with Crippen LogP contribution in [0.15, 0.2) is 0 Å². The largest absolute Gasteiger partial charge is 0.315 e. The number of rotatable bonds is 6. The van der Waals surface area contributed by atoms with Crippen molar-refractivity contribution in [1.29, 1.82) is 0 Å². The SMILES string of the molecule is CC(C)(C)NCCNCC1CCN(C2CC2)C1. The first-order chi connectivity index (χ1) is 8.04. The van der Waals surface area contributed by atoms with Gasteiger partial charge < -0.3 is 15.5 Å². The molecule has 3 nitrogen and oxygen atoms in total. The smallest absolute Gasteiger partial charge is 0.00970 e. The van der Waals surface area contributed by atoms with Gasteiger partial charge in [-0.1, -0.05) is 0 Å². The Hall–Kier alpha value is -0.120. The molecule has 3 heteroatoms. The molecule has 1 heterocycles. The molecule has 0 aromatic heterocycles. The first-order valence-corrected chi connectivity index (χ1v) is 7.24. The summed E-state index contributed by atoms with van der Waals surface area (Å²) in [6, 6.07) is 0.961. The quantitative estimate of drug-likeness (QED) is 0.687. The minimum absolute atomic E-state index is 0.248. The van der Waals surface area contributed by atoms with E-state index in [1.165, 1.54) is 38.9 Å². The third-order valence-corrected chi connectivity index (χ3v) is 3.77. The Balaban J connectivity index is 1.48. The van der Waals surface area contributed by atoms with Crippen molar-refractivity contribution < 1.29 is 0 Å². The molecule has 2 rings (SSSR count). The predicted molar refractivity (Wildman–Crippen MR) is 73.3 cm³/mol. The molecule has 0 radical (unpaired) electrons. The van der Waals surface area contributed by atoms with E-state index < -0.39 is 0 Å². The van der Waals surface area contributed by atoms with Crippen LogP contribution in [-0.4, -0.2) is 49.2 Å². The van der Waals surface area contributed by atoms with Crippen molar-refractivity contribution in [3.05, 3.63) is 0 Å². The molecular formula is C14H29N3. The van der Waals surface area contributed by atoms with Crippen molar-refractivity contribution in [1.82, 2.24) is 15.5 Å². The van der Waals surface area contributed by atoms with Gasteiger partial charge in [0.1, 0.15) is 0 Å². The fraction of sp³-hybridized carbons (Fsp3) is 1.00. The number of nitrogens with zero attached hydrogens (tertiary/aromatic N) is 1. The van der Waals surface area contributed by atoms with Gasteiger partial charge in [-0.15, -0.1) is 0 Å². The molecule has 2 N–H and O–H groups in total. The van der Waals surface area contributed by atoms with Crippen LogP contribution < -0.4 is 10.6 Å². The van der Waals surface area contributed by atoms with E-state index in [0.717, 1.165) is 25.0 Å². The molecule has 1 aliphatic heterocycles. The van der Waals surface area contributed by atoms with Crippen LogP contribution in [0, 0.1) is 5.92 Å². The highest BCUT2D eigenvalue weighted by atomic mass is 15.2. The number of hydrogen-bond donors (Lipinski definition) is 2. The summed E-state index contributed by atoms with van der Waals surface area (Å²) in [5.41, 5.74) is 0.248. The summed E-state index contributed by atoms with van der Waals surface area (Å²) < 4.78 is 0. The van der Waals surface area contributed by atoms with E-state index in [1.807, 2.05) is 0 Å². The third-order valence-electron chi connectivity index (χ3n) is 3.77. The maximum Gasteiger partial charge on any atom is 0.00970 e. The molecule has 100 valence electrons. The number of likely N-dealkylation sites (tertiary alicyclic amines) is 1. The zero-order valence-corrected chi connectivity index (χ0v) is 11.8. The summed E-state index contributed by atoms with van der Waals surface area (Å²) in [5.74, 6) is 0.894. The molecule has 1 saturated heterocycles. The fourth-order valence-electron chi connectivity index (χ4n) is 2.63. The van der Waals surface area contributed by atoms with Crippen LogP contribution in [0.2, 0.25) is 0 Å². The summed E-state index contributed by atoms with van der Waals surface area (Å²) in [6.07, 6.45) is 4.31. The van der Waals surface area contributed by atoms with Crippen LogP contribution in [0.3, 0.4) is 0 Å². The van der Waals surface area contributed by atoms with E-state index in [9.17, 15) is 0 Å². The number of hydrogen-bond acceptors (Lipinski definition) is 3. The van der Waals surface area contributed by atoms with Gasteiger partial charge in [-0.3, -0.25) is 0 Å². The molecule has 1 atom stereocenters. The van der Waals surface area contributed by atoms with Gasteiger partial charge in [0.2, 0.25) is 0 Å². The zero-order valence-electron chi connectivity index (χ0n) is 11.8. The molecule has 0 amide bonds. The Morgan fingerprint density at radius 2 is 1.88 bits per heavy atom. The monoisotopic (exact) mass is 239 g/mol. The van der Waals surface area contributed by atoms with Crippen LogP contribution in [0.5, 0.6) is 0 Å². The molecule has 0 aromatic carbocycles. The van der Waals surface area contributed by atoms with E-state index >= 15 is 0 Å². The van der Waals surface area contributed by atoms with Crippen molar-refractivity contribution >= 4 is 0 Å². The summed E-state index contributed by atoms with van der Waals surface area (Å²) in [5, 5.41) is 7.10. The van der Waals surface area contributed by atoms with Crippen LogP contribution in [0.4, 0.5) is 0 Å². The van der Waals surface area contributed by atoms with E-state index in [-0.39, 0.29) is 5.54 Å². The topological polar surface area (TPSA) is 27.3 Å². The lowest BCUT2D eigenvalue weighted by atomic mass is 10.1. The summed E-state index contributed by atoms with van der Waals surface area (Å²) in [4.78, 5) is 2.69. The van der Waals surface area contributed by atoms with E-state index in [0.29, 0.717) is 0 Å². The van der Waals surface area contributed by atoms with Crippen molar-refractivity contribution in [3.63, 3.8) is 0 Å². The minimum atomic E-state index is 0.248. The maximum absolute atomic E-state index is 3.59. The molecule has 2 aliphatic rings. The molecule has 1 saturated carbocycles. The van der Waals surface area contributed by atoms with Crippen molar-refractivity contribution in [2.24, 2.45) is 5.92 Å². The lowest BCUT2D eigenvalue weighted by Gasteiger charge is -2.21. The minimum Gasteiger partial charge on any atom is -0.315 e. The zero-order chi connectivity index (χ0) is 12.3. The summed E-state index contributed by atoms with van der Waals surface area (Å²) >= 11 is 0. The first kappa shape index (κ1) is 13.3. The van der Waals surface area contributed by atoms with Gasteiger partial charge >= 0.3 is 0 Å². The van der Waals surface area contributed by atoms with Crippen LogP contribution in [0.25, 0.3) is 0 Å². The first-order valence-electron chi connectivity index (χ1n) is 7.24. The normalized spacial score (nSPS) is 26.6. The lowest BCUT2D eigenvalue weighted by molar-refractivity contribution is 0.311. The summed E-state index contributed by atoms with van der Waals surface area (Å²) in [7, 11) is 0. The van der Waals surface area contributed by atoms with Gasteiger partial charge in [0.15, 0.2) is 0 Å². The maximum atomic E-state index is 3.59. The van der Waals surface area contributed by atoms with Crippen LogP contribution >= 0.6 is 0 Å². The molecule has 1 aliphatic carbocycles. The highest BCUT2D eigenvalue weighted by molar-refractivity contribution is 4.89. The van der Waals surface area contributed by atoms with Gasteiger partial charge in [0, 0.05) is 31.2 Å². The number of nitrogens with one attached hydrogen (secondary N) is 2. The van der Waals surface area contributed by atoms with Gasteiger partial charge in [-0.2, -0.15) is 0 Å². The molecule has 0 bridgehead atoms. The third kappa shape index (κ3) is 4.94. The van der Waals surface area contributed by atoms with E-state index in [1.54, 1.807) is 0 Å². The molecule has 1 unspecified atom stereocenters. The standard InChI is InChI=1S/C14H29N3/c1-14(2,3)16-8-7-15-10-12-6-9-17(11-12)13-4-5-13/h12-13,15-16H,4-11H2,1-3H3. The van der Waals surface area contributed by atoms with Gasteiger partial charge in [0.25, 0.3) is 0 Å². The molecule has 17 heavy (non-hydrogen) atoms. The van der Waals surface area contributed by atoms with E-state index in [4.69, 9.17) is 0 Å². The lowest BCUT2D eigenvalue weighted by Crippen LogP contribution is -2.41. The Labute approximate surface area is 106 Å². The second-order valence-corrected chi connectivity index (χ2v) is 6.76. The Morgan fingerprint density at radius 3 is 2.53 bits per heavy atom. The second kappa shape index (κ2) is 5.68. The Kier molecular flexibility index (Phi) is 4.45. The van der Waals surface area contributed by atoms with Gasteiger partial charge in [-0.05, 0) is 59.0 Å².